The normalized spacial score (nSPS) is 20.6. The van der Waals surface area contributed by atoms with Gasteiger partial charge in [-0.15, -0.1) is 0 Å². The van der Waals surface area contributed by atoms with Crippen molar-refractivity contribution in [3.05, 3.63) is 47.8 Å². The van der Waals surface area contributed by atoms with Crippen molar-refractivity contribution in [1.82, 2.24) is 5.32 Å². The molecule has 2 unspecified atom stereocenters. The number of fused-ring (bicyclic) bond motifs is 1. The Labute approximate surface area is 125 Å². The van der Waals surface area contributed by atoms with Crippen LogP contribution in [0, 0.1) is 11.7 Å². The summed E-state index contributed by atoms with van der Waals surface area (Å²) in [4.78, 5) is 0. The first kappa shape index (κ1) is 14.5. The fourth-order valence-electron chi connectivity index (χ4n) is 3.34. The molecule has 0 saturated carbocycles. The molecule has 1 N–H and O–H groups in total. The lowest BCUT2D eigenvalue weighted by Crippen LogP contribution is -2.33. The van der Waals surface area contributed by atoms with Gasteiger partial charge in [-0.05, 0) is 36.4 Å². The number of nitrogens with one attached hydrogen (secondary N) is 1. The molecule has 0 aromatic heterocycles. The molecule has 2 nitrogen and oxygen atoms in total. The van der Waals surface area contributed by atoms with Gasteiger partial charge in [-0.1, -0.05) is 37.3 Å². The number of hydrogen-bond acceptors (Lipinski definition) is 2. The molecule has 0 bridgehead atoms. The van der Waals surface area contributed by atoms with Gasteiger partial charge < -0.3 is 10.1 Å². The lowest BCUT2D eigenvalue weighted by molar-refractivity contribution is 0.0395. The zero-order chi connectivity index (χ0) is 14.7. The molecule has 1 aliphatic rings. The lowest BCUT2D eigenvalue weighted by atomic mass is 9.86. The van der Waals surface area contributed by atoms with Gasteiger partial charge in [0.1, 0.15) is 5.82 Å². The van der Waals surface area contributed by atoms with Crippen LogP contribution < -0.4 is 5.32 Å². The van der Waals surface area contributed by atoms with E-state index in [0.29, 0.717) is 11.3 Å². The fraction of sp³-hybridized carbons (Fsp3) is 0.444. The maximum Gasteiger partial charge on any atom is 0.131 e. The summed E-state index contributed by atoms with van der Waals surface area (Å²) in [6.45, 7) is 4.65. The minimum Gasteiger partial charge on any atom is -0.381 e. The Kier molecular flexibility index (Phi) is 4.51. The van der Waals surface area contributed by atoms with E-state index in [-0.39, 0.29) is 11.9 Å². The third-order valence-electron chi connectivity index (χ3n) is 4.33. The SMILES string of the molecule is CCNC(c1ccc(F)c2ccccc12)C1CCCOC1. The zero-order valence-electron chi connectivity index (χ0n) is 12.4. The molecule has 2 atom stereocenters. The predicted octanol–water partition coefficient (Wildman–Crippen LogP) is 4.06. The maximum absolute atomic E-state index is 14.0. The van der Waals surface area contributed by atoms with Crippen molar-refractivity contribution in [3.8, 4) is 0 Å². The fourth-order valence-corrected chi connectivity index (χ4v) is 3.34. The first-order valence-corrected chi connectivity index (χ1v) is 7.79. The standard InChI is InChI=1S/C18H22FNO/c1-2-20-18(13-6-5-11-21-12-13)16-9-10-17(19)15-8-4-3-7-14(15)16/h3-4,7-10,13,18,20H,2,5-6,11-12H2,1H3. The molecule has 0 aliphatic carbocycles. The second kappa shape index (κ2) is 6.54. The summed E-state index contributed by atoms with van der Waals surface area (Å²) in [5.74, 6) is 0.303. The van der Waals surface area contributed by atoms with Crippen molar-refractivity contribution >= 4 is 10.8 Å². The highest BCUT2D eigenvalue weighted by Gasteiger charge is 2.26. The quantitative estimate of drug-likeness (QED) is 0.915. The first-order valence-electron chi connectivity index (χ1n) is 7.79. The summed E-state index contributed by atoms with van der Waals surface area (Å²) < 4.78 is 19.7. The zero-order valence-corrected chi connectivity index (χ0v) is 12.4. The highest BCUT2D eigenvalue weighted by Crippen LogP contribution is 2.34. The number of benzene rings is 2. The van der Waals surface area contributed by atoms with E-state index in [1.807, 2.05) is 30.3 Å². The minimum absolute atomic E-state index is 0.149. The van der Waals surface area contributed by atoms with Crippen molar-refractivity contribution in [2.24, 2.45) is 5.92 Å². The van der Waals surface area contributed by atoms with Crippen molar-refractivity contribution in [2.75, 3.05) is 19.8 Å². The Hall–Kier alpha value is -1.45. The number of rotatable bonds is 4. The molecule has 3 heteroatoms. The number of ether oxygens (including phenoxy) is 1. The van der Waals surface area contributed by atoms with Gasteiger partial charge in [0.2, 0.25) is 0 Å². The minimum atomic E-state index is -0.149. The van der Waals surface area contributed by atoms with Crippen LogP contribution in [-0.2, 0) is 4.74 Å². The average molecular weight is 287 g/mol. The van der Waals surface area contributed by atoms with E-state index in [1.54, 1.807) is 6.07 Å². The van der Waals surface area contributed by atoms with Crippen LogP contribution in [-0.4, -0.2) is 19.8 Å². The van der Waals surface area contributed by atoms with Crippen LogP contribution in [0.4, 0.5) is 4.39 Å². The summed E-state index contributed by atoms with van der Waals surface area (Å²) in [6.07, 6.45) is 2.26. The summed E-state index contributed by atoms with van der Waals surface area (Å²) in [7, 11) is 0. The van der Waals surface area contributed by atoms with E-state index in [0.717, 1.165) is 38.0 Å². The molecule has 1 aliphatic heterocycles. The van der Waals surface area contributed by atoms with Gasteiger partial charge in [0.15, 0.2) is 0 Å². The van der Waals surface area contributed by atoms with E-state index in [1.165, 1.54) is 5.56 Å². The largest absolute Gasteiger partial charge is 0.381 e. The van der Waals surface area contributed by atoms with Gasteiger partial charge in [0.05, 0.1) is 6.61 Å². The molecule has 1 saturated heterocycles. The van der Waals surface area contributed by atoms with Crippen molar-refractivity contribution in [1.29, 1.82) is 0 Å². The topological polar surface area (TPSA) is 21.3 Å². The Morgan fingerprint density at radius 2 is 2.05 bits per heavy atom. The summed E-state index contributed by atoms with van der Waals surface area (Å²) in [5.41, 5.74) is 1.18. The summed E-state index contributed by atoms with van der Waals surface area (Å²) >= 11 is 0. The Balaban J connectivity index is 2.04. The molecular weight excluding hydrogens is 265 g/mol. The van der Waals surface area contributed by atoms with Crippen LogP contribution in [0.1, 0.15) is 31.4 Å². The van der Waals surface area contributed by atoms with Crippen LogP contribution >= 0.6 is 0 Å². The highest BCUT2D eigenvalue weighted by molar-refractivity contribution is 5.86. The van der Waals surface area contributed by atoms with E-state index < -0.39 is 0 Å². The molecule has 21 heavy (non-hydrogen) atoms. The second-order valence-electron chi connectivity index (χ2n) is 5.69. The monoisotopic (exact) mass is 287 g/mol. The molecule has 0 spiro atoms. The van der Waals surface area contributed by atoms with E-state index >= 15 is 0 Å². The molecule has 0 amide bonds. The highest BCUT2D eigenvalue weighted by atomic mass is 19.1. The number of hydrogen-bond donors (Lipinski definition) is 1. The summed E-state index contributed by atoms with van der Waals surface area (Å²) in [5, 5.41) is 5.29. The Bertz CT molecular complexity index is 607. The molecule has 0 radical (unpaired) electrons. The van der Waals surface area contributed by atoms with Gasteiger partial charge in [0, 0.05) is 24.0 Å². The smallest absolute Gasteiger partial charge is 0.131 e. The summed E-state index contributed by atoms with van der Waals surface area (Å²) in [6, 6.07) is 11.5. The number of halogens is 1. The Morgan fingerprint density at radius 1 is 1.24 bits per heavy atom. The second-order valence-corrected chi connectivity index (χ2v) is 5.69. The van der Waals surface area contributed by atoms with Crippen LogP contribution in [0.15, 0.2) is 36.4 Å². The molecule has 1 fully saturated rings. The van der Waals surface area contributed by atoms with Crippen LogP contribution in [0.25, 0.3) is 10.8 Å². The third kappa shape index (κ3) is 2.94. The molecule has 2 aromatic rings. The molecule has 3 rings (SSSR count). The van der Waals surface area contributed by atoms with Crippen LogP contribution in [0.3, 0.4) is 0 Å². The van der Waals surface area contributed by atoms with E-state index in [9.17, 15) is 4.39 Å². The average Bonchev–Trinajstić information content (AvgIpc) is 2.55. The van der Waals surface area contributed by atoms with Gasteiger partial charge in [-0.3, -0.25) is 0 Å². The van der Waals surface area contributed by atoms with Crippen molar-refractivity contribution in [3.63, 3.8) is 0 Å². The lowest BCUT2D eigenvalue weighted by Gasteiger charge is -2.32. The maximum atomic E-state index is 14.0. The molecule has 2 aromatic carbocycles. The van der Waals surface area contributed by atoms with Gasteiger partial charge in [-0.25, -0.2) is 4.39 Å². The van der Waals surface area contributed by atoms with Gasteiger partial charge in [0.25, 0.3) is 0 Å². The van der Waals surface area contributed by atoms with Crippen LogP contribution in [0.2, 0.25) is 0 Å². The van der Waals surface area contributed by atoms with Gasteiger partial charge in [-0.2, -0.15) is 0 Å². The van der Waals surface area contributed by atoms with Gasteiger partial charge >= 0.3 is 0 Å². The van der Waals surface area contributed by atoms with E-state index in [4.69, 9.17) is 4.74 Å². The predicted molar refractivity (Wildman–Crippen MR) is 83.9 cm³/mol. The third-order valence-corrected chi connectivity index (χ3v) is 4.33. The molecule has 1 heterocycles. The Morgan fingerprint density at radius 3 is 2.76 bits per heavy atom. The molecular formula is C18H22FNO. The van der Waals surface area contributed by atoms with Crippen LogP contribution in [0.5, 0.6) is 0 Å². The van der Waals surface area contributed by atoms with Crippen molar-refractivity contribution in [2.45, 2.75) is 25.8 Å². The van der Waals surface area contributed by atoms with E-state index in [2.05, 4.69) is 12.2 Å². The molecule has 112 valence electrons. The van der Waals surface area contributed by atoms with Crippen molar-refractivity contribution < 1.29 is 9.13 Å². The first-order chi connectivity index (χ1) is 10.3.